The van der Waals surface area contributed by atoms with E-state index in [9.17, 15) is 9.59 Å². The number of aromatic nitrogens is 1. The molecular formula is C22H24N2O5. The number of hydrogen-bond donors (Lipinski definition) is 1. The van der Waals surface area contributed by atoms with E-state index in [4.69, 9.17) is 14.2 Å². The van der Waals surface area contributed by atoms with Gasteiger partial charge in [-0.2, -0.15) is 0 Å². The van der Waals surface area contributed by atoms with Gasteiger partial charge in [0.05, 0.1) is 27.9 Å². The average molecular weight is 396 g/mol. The summed E-state index contributed by atoms with van der Waals surface area (Å²) in [5.74, 6) is 0.924. The lowest BCUT2D eigenvalue weighted by atomic mass is 10.1. The van der Waals surface area contributed by atoms with Crippen molar-refractivity contribution >= 4 is 16.8 Å². The van der Waals surface area contributed by atoms with Crippen LogP contribution >= 0.6 is 0 Å². The van der Waals surface area contributed by atoms with Crippen molar-refractivity contribution in [1.29, 1.82) is 0 Å². The summed E-state index contributed by atoms with van der Waals surface area (Å²) in [5.41, 5.74) is 2.50. The fraction of sp³-hybridized carbons (Fsp3) is 0.273. The van der Waals surface area contributed by atoms with Crippen molar-refractivity contribution in [3.63, 3.8) is 0 Å². The highest BCUT2D eigenvalue weighted by atomic mass is 16.5. The van der Waals surface area contributed by atoms with Gasteiger partial charge in [-0.25, -0.2) is 0 Å². The van der Waals surface area contributed by atoms with Crippen LogP contribution in [0.1, 0.15) is 21.5 Å². The molecule has 7 nitrogen and oxygen atoms in total. The van der Waals surface area contributed by atoms with Crippen LogP contribution in [0.4, 0.5) is 0 Å². The number of aromatic amines is 1. The van der Waals surface area contributed by atoms with Gasteiger partial charge in [-0.3, -0.25) is 9.59 Å². The van der Waals surface area contributed by atoms with Crippen LogP contribution in [0.25, 0.3) is 10.9 Å². The molecule has 1 aromatic heterocycles. The van der Waals surface area contributed by atoms with Crippen LogP contribution < -0.4 is 19.8 Å². The number of aryl methyl sites for hydroxylation is 1. The Hall–Kier alpha value is -3.48. The van der Waals surface area contributed by atoms with Crippen LogP contribution in [0.15, 0.2) is 41.2 Å². The molecule has 0 saturated heterocycles. The van der Waals surface area contributed by atoms with E-state index in [0.29, 0.717) is 28.4 Å². The van der Waals surface area contributed by atoms with E-state index in [-0.39, 0.29) is 18.0 Å². The zero-order chi connectivity index (χ0) is 21.1. The van der Waals surface area contributed by atoms with Gasteiger partial charge in [-0.05, 0) is 42.1 Å². The predicted octanol–water partition coefficient (Wildman–Crippen LogP) is 3.13. The highest BCUT2D eigenvalue weighted by Crippen LogP contribution is 2.38. The predicted molar refractivity (Wildman–Crippen MR) is 111 cm³/mol. The number of hydrogen-bond acceptors (Lipinski definition) is 5. The minimum absolute atomic E-state index is 0.161. The van der Waals surface area contributed by atoms with Crippen LogP contribution in [0.2, 0.25) is 0 Å². The normalized spacial score (nSPS) is 10.7. The van der Waals surface area contributed by atoms with Crippen LogP contribution in [0.5, 0.6) is 17.2 Å². The number of ether oxygens (including phenoxy) is 3. The summed E-state index contributed by atoms with van der Waals surface area (Å²) in [6.07, 6.45) is 0. The molecule has 0 aliphatic rings. The van der Waals surface area contributed by atoms with Crippen LogP contribution in [-0.4, -0.2) is 44.2 Å². The molecule has 7 heteroatoms. The van der Waals surface area contributed by atoms with E-state index >= 15 is 0 Å². The Morgan fingerprint density at radius 2 is 1.66 bits per heavy atom. The number of carbonyl (C=O) groups is 1. The molecular weight excluding hydrogens is 372 g/mol. The molecule has 0 aliphatic heterocycles. The number of nitrogens with zero attached hydrogens (tertiary/aromatic N) is 1. The SMILES string of the molecule is COc1cc(C(=O)N(C)Cc2cc3ccc(C)cc3[nH]c2=O)cc(OC)c1OC. The first-order chi connectivity index (χ1) is 13.9. The Balaban J connectivity index is 1.91. The number of fused-ring (bicyclic) bond motifs is 1. The summed E-state index contributed by atoms with van der Waals surface area (Å²) in [6.45, 7) is 2.13. The molecule has 0 aliphatic carbocycles. The van der Waals surface area contributed by atoms with Gasteiger partial charge in [0.2, 0.25) is 5.75 Å². The molecule has 0 unspecified atom stereocenters. The highest BCUT2D eigenvalue weighted by Gasteiger charge is 2.20. The van der Waals surface area contributed by atoms with Crippen molar-refractivity contribution in [2.45, 2.75) is 13.5 Å². The molecule has 152 valence electrons. The van der Waals surface area contributed by atoms with Gasteiger partial charge < -0.3 is 24.1 Å². The maximum atomic E-state index is 13.0. The van der Waals surface area contributed by atoms with Gasteiger partial charge in [0, 0.05) is 23.7 Å². The van der Waals surface area contributed by atoms with E-state index in [1.807, 2.05) is 31.2 Å². The average Bonchev–Trinajstić information content (AvgIpc) is 2.72. The third-order valence-electron chi connectivity index (χ3n) is 4.74. The third kappa shape index (κ3) is 4.03. The summed E-state index contributed by atoms with van der Waals surface area (Å²) >= 11 is 0. The molecule has 0 saturated carbocycles. The van der Waals surface area contributed by atoms with Crippen molar-refractivity contribution in [2.24, 2.45) is 0 Å². The lowest BCUT2D eigenvalue weighted by Crippen LogP contribution is -2.29. The lowest BCUT2D eigenvalue weighted by Gasteiger charge is -2.19. The van der Waals surface area contributed by atoms with Gasteiger partial charge in [0.15, 0.2) is 11.5 Å². The van der Waals surface area contributed by atoms with E-state index in [1.54, 1.807) is 19.2 Å². The second-order valence-electron chi connectivity index (χ2n) is 6.79. The van der Waals surface area contributed by atoms with Gasteiger partial charge in [0.25, 0.3) is 11.5 Å². The monoisotopic (exact) mass is 396 g/mol. The number of pyridine rings is 1. The summed E-state index contributed by atoms with van der Waals surface area (Å²) in [4.78, 5) is 29.8. The molecule has 1 heterocycles. The first-order valence-corrected chi connectivity index (χ1v) is 9.06. The molecule has 0 fully saturated rings. The fourth-order valence-electron chi connectivity index (χ4n) is 3.23. The Labute approximate surface area is 168 Å². The molecule has 29 heavy (non-hydrogen) atoms. The molecule has 0 spiro atoms. The second kappa shape index (κ2) is 8.26. The summed E-state index contributed by atoms with van der Waals surface area (Å²) in [5, 5.41) is 0.916. The lowest BCUT2D eigenvalue weighted by molar-refractivity contribution is 0.0784. The largest absolute Gasteiger partial charge is 0.493 e. The molecule has 0 radical (unpaired) electrons. The van der Waals surface area contributed by atoms with E-state index in [2.05, 4.69) is 4.98 Å². The minimum atomic E-state index is -0.271. The smallest absolute Gasteiger partial charge is 0.254 e. The van der Waals surface area contributed by atoms with Crippen molar-refractivity contribution < 1.29 is 19.0 Å². The third-order valence-corrected chi connectivity index (χ3v) is 4.74. The summed E-state index contributed by atoms with van der Waals surface area (Å²) in [6, 6.07) is 10.8. The van der Waals surface area contributed by atoms with Gasteiger partial charge in [-0.1, -0.05) is 12.1 Å². The molecule has 0 bridgehead atoms. The number of H-pyrrole nitrogens is 1. The first kappa shape index (κ1) is 20.3. The maximum Gasteiger partial charge on any atom is 0.254 e. The molecule has 3 aromatic rings. The Kier molecular flexibility index (Phi) is 5.77. The van der Waals surface area contributed by atoms with E-state index < -0.39 is 0 Å². The fourth-order valence-corrected chi connectivity index (χ4v) is 3.23. The number of rotatable bonds is 6. The standard InChI is InChI=1S/C22H24N2O5/c1-13-6-7-14-9-16(21(25)23-17(14)8-13)12-24(2)22(26)15-10-18(27-3)20(29-5)19(11-15)28-4/h6-11H,12H2,1-5H3,(H,23,25). The van der Waals surface area contributed by atoms with Crippen LogP contribution in [0, 0.1) is 6.92 Å². The van der Waals surface area contributed by atoms with Gasteiger partial charge in [0.1, 0.15) is 0 Å². The molecule has 0 atom stereocenters. The van der Waals surface area contributed by atoms with Crippen molar-refractivity contribution in [1.82, 2.24) is 9.88 Å². The topological polar surface area (TPSA) is 80.9 Å². The number of benzene rings is 2. The van der Waals surface area contributed by atoms with Gasteiger partial charge >= 0.3 is 0 Å². The number of nitrogens with one attached hydrogen (secondary N) is 1. The minimum Gasteiger partial charge on any atom is -0.493 e. The Morgan fingerprint density at radius 3 is 2.24 bits per heavy atom. The molecule has 1 amide bonds. The van der Waals surface area contributed by atoms with E-state index in [0.717, 1.165) is 16.5 Å². The van der Waals surface area contributed by atoms with Crippen molar-refractivity contribution in [3.05, 3.63) is 63.4 Å². The zero-order valence-electron chi connectivity index (χ0n) is 17.2. The molecule has 3 rings (SSSR count). The highest BCUT2D eigenvalue weighted by molar-refractivity contribution is 5.95. The Bertz CT molecular complexity index is 1090. The molecule has 2 aromatic carbocycles. The number of amides is 1. The zero-order valence-corrected chi connectivity index (χ0v) is 17.2. The number of carbonyl (C=O) groups excluding carboxylic acids is 1. The quantitative estimate of drug-likeness (QED) is 0.692. The van der Waals surface area contributed by atoms with Crippen molar-refractivity contribution in [3.8, 4) is 17.2 Å². The first-order valence-electron chi connectivity index (χ1n) is 9.06. The number of methoxy groups -OCH3 is 3. The van der Waals surface area contributed by atoms with Crippen molar-refractivity contribution in [2.75, 3.05) is 28.4 Å². The van der Waals surface area contributed by atoms with Crippen LogP contribution in [0.3, 0.4) is 0 Å². The summed E-state index contributed by atoms with van der Waals surface area (Å²) in [7, 11) is 6.13. The maximum absolute atomic E-state index is 13.0. The Morgan fingerprint density at radius 1 is 1.00 bits per heavy atom. The van der Waals surface area contributed by atoms with Gasteiger partial charge in [-0.15, -0.1) is 0 Å². The van der Waals surface area contributed by atoms with Crippen LogP contribution in [-0.2, 0) is 6.54 Å². The summed E-state index contributed by atoms with van der Waals surface area (Å²) < 4.78 is 15.9. The molecule has 1 N–H and O–H groups in total. The van der Waals surface area contributed by atoms with E-state index in [1.165, 1.54) is 26.2 Å². The second-order valence-corrected chi connectivity index (χ2v) is 6.79.